The molecule has 7 aliphatic rings. The van der Waals surface area contributed by atoms with Crippen LogP contribution in [0.2, 0.25) is 0 Å². The highest BCUT2D eigenvalue weighted by atomic mass is 127. The summed E-state index contributed by atoms with van der Waals surface area (Å²) in [4.78, 5) is 71.9. The van der Waals surface area contributed by atoms with E-state index in [1.807, 2.05) is 119 Å². The molecule has 7 fully saturated rings. The molecule has 4 aromatic rings. The van der Waals surface area contributed by atoms with Gasteiger partial charge in [0.2, 0.25) is 0 Å². The number of pyridine rings is 2. The normalized spacial score (nSPS) is 21.7. The molecule has 562 valence electrons. The molecule has 30 heteroatoms. The number of carbonyl (C=O) groups excluding carboxylic acids is 4. The highest BCUT2D eigenvalue weighted by Crippen LogP contribution is 2.39. The third kappa shape index (κ3) is 23.4. The molecular weight excluding hydrogens is 1440 g/mol. The number of aromatic nitrogens is 2. The lowest BCUT2D eigenvalue weighted by Gasteiger charge is -2.35. The van der Waals surface area contributed by atoms with Crippen LogP contribution in [0, 0.1) is 29.3 Å². The van der Waals surface area contributed by atoms with Crippen LogP contribution in [-0.2, 0) is 28.3 Å². The zero-order valence-corrected chi connectivity index (χ0v) is 63.1. The maximum Gasteiger partial charge on any atom is 0.495 e. The van der Waals surface area contributed by atoms with E-state index in [1.54, 1.807) is 12.1 Å². The Morgan fingerprint density at radius 3 is 1.37 bits per heavy atom. The molecule has 102 heavy (non-hydrogen) atoms. The number of alkyl halides is 6. The number of rotatable bonds is 12. The van der Waals surface area contributed by atoms with Gasteiger partial charge in [0.1, 0.15) is 34.5 Å². The summed E-state index contributed by atoms with van der Waals surface area (Å²) in [6.45, 7) is 32.7. The van der Waals surface area contributed by atoms with E-state index in [9.17, 15) is 45.5 Å². The fourth-order valence-corrected chi connectivity index (χ4v) is 13.9. The molecule has 0 radical (unpaired) electrons. The van der Waals surface area contributed by atoms with Crippen LogP contribution >= 0.6 is 22.6 Å². The fourth-order valence-electron chi connectivity index (χ4n) is 13.3. The number of hydrogen-bond acceptors (Lipinski definition) is 16. The van der Waals surface area contributed by atoms with Crippen LogP contribution in [0.5, 0.6) is 0 Å². The molecule has 6 amide bonds. The van der Waals surface area contributed by atoms with Crippen LogP contribution in [0.3, 0.4) is 0 Å². The minimum atomic E-state index is -4.24. The first-order valence-electron chi connectivity index (χ1n) is 35.5. The molecular formula is C72H102BF6IN12O10. The molecule has 2 aromatic heterocycles. The Labute approximate surface area is 609 Å². The molecule has 11 rings (SSSR count). The summed E-state index contributed by atoms with van der Waals surface area (Å²) in [6.07, 6.45) is -6.59. The molecule has 0 aliphatic carbocycles. The van der Waals surface area contributed by atoms with Crippen molar-refractivity contribution in [2.75, 3.05) is 135 Å². The number of morpholine rings is 2. The highest BCUT2D eigenvalue weighted by molar-refractivity contribution is 14.1. The number of urea groups is 2. The standard InChI is InChI=1S/C33H45F3N6O4.C20H28BF3N2O3.C19H29IN4O3/c1-22-7-8-25(37-30(43)42-11-9-23(20-42)19-33(34,35)36)18-27(22)24-16-28(40-12-14-45-15-13-40)39-29(17-24)41-10-5-6-26(21-41)38-31(44)46-32(2,3)4;1-13-6-7-15(10-16(13)21-28-18(2,3)19(4,5)29-21)25-17(27)26-9-8-14(12-26)11-20(22,23)24;1-19(2,3)27-18(25)21-15-5-4-6-24(13-15)17-12-14(20)11-16(22-17)23-7-9-26-10-8-23/h7-8,16-18,23,26H,5-6,9-15,19-21H2,1-4H3,(H,37,43)(H,38,44);6-7,10,14H,8-9,11-12H2,1-5H3,(H,25,27);11-12,15H,4-10,13H2,1-3H3,(H,21,25)/t23-,26-;14-;15-/m000/s1. The Bertz CT molecular complexity index is 3520. The van der Waals surface area contributed by atoms with Gasteiger partial charge in [0.15, 0.2) is 0 Å². The molecule has 0 spiro atoms. The number of ether oxygens (including phenoxy) is 4. The van der Waals surface area contributed by atoms with Crippen LogP contribution in [0.25, 0.3) is 11.1 Å². The monoisotopic (exact) mass is 1550 g/mol. The lowest BCUT2D eigenvalue weighted by atomic mass is 9.76. The van der Waals surface area contributed by atoms with Gasteiger partial charge in [-0.15, -0.1) is 0 Å². The van der Waals surface area contributed by atoms with Gasteiger partial charge in [0.05, 0.1) is 37.6 Å². The minimum Gasteiger partial charge on any atom is -0.444 e. The quantitative estimate of drug-likeness (QED) is 0.0589. The van der Waals surface area contributed by atoms with E-state index in [1.165, 1.54) is 13.4 Å². The summed E-state index contributed by atoms with van der Waals surface area (Å²) >= 11 is 2.35. The van der Waals surface area contributed by atoms with Gasteiger partial charge in [0.25, 0.3) is 0 Å². The Kier molecular flexibility index (Phi) is 26.1. The second kappa shape index (κ2) is 33.6. The summed E-state index contributed by atoms with van der Waals surface area (Å²) in [6, 6.07) is 18.6. The van der Waals surface area contributed by atoms with Gasteiger partial charge in [-0.2, -0.15) is 26.3 Å². The van der Waals surface area contributed by atoms with Crippen molar-refractivity contribution < 1.29 is 73.8 Å². The number of alkyl carbamates (subject to hydrolysis) is 2. The first kappa shape index (κ1) is 79.4. The zero-order chi connectivity index (χ0) is 74.1. The number of hydrogen-bond donors (Lipinski definition) is 4. The number of piperidine rings is 2. The van der Waals surface area contributed by atoms with E-state index >= 15 is 0 Å². The van der Waals surface area contributed by atoms with Crippen molar-refractivity contribution in [2.45, 2.75) is 181 Å². The lowest BCUT2D eigenvalue weighted by Crippen LogP contribution is -2.49. The molecule has 2 aromatic carbocycles. The minimum absolute atomic E-state index is 0.0695. The summed E-state index contributed by atoms with van der Waals surface area (Å²) < 4.78 is 112. The largest absolute Gasteiger partial charge is 0.495 e. The number of carbonyl (C=O) groups is 4. The molecule has 0 saturated carbocycles. The number of benzene rings is 2. The number of aryl methyl sites for hydroxylation is 2. The average Bonchev–Trinajstić information content (AvgIpc) is 1.57. The van der Waals surface area contributed by atoms with Gasteiger partial charge in [-0.25, -0.2) is 29.1 Å². The number of likely N-dealkylation sites (tertiary alicyclic amines) is 2. The second-order valence-electron chi connectivity index (χ2n) is 30.5. The van der Waals surface area contributed by atoms with Crippen molar-refractivity contribution in [3.63, 3.8) is 0 Å². The van der Waals surface area contributed by atoms with E-state index in [0.29, 0.717) is 70.2 Å². The molecule has 4 atom stereocenters. The number of anilines is 6. The molecule has 22 nitrogen and oxygen atoms in total. The fraction of sp³-hybridized carbons (Fsp3) is 0.639. The Balaban J connectivity index is 0.000000187. The van der Waals surface area contributed by atoms with Crippen LogP contribution < -0.4 is 46.3 Å². The third-order valence-electron chi connectivity index (χ3n) is 19.2. The first-order valence-corrected chi connectivity index (χ1v) is 36.5. The Hall–Kier alpha value is -6.77. The van der Waals surface area contributed by atoms with Gasteiger partial charge in [0, 0.05) is 118 Å². The number of nitrogens with one attached hydrogen (secondary N) is 4. The molecule has 0 bridgehead atoms. The van der Waals surface area contributed by atoms with Crippen molar-refractivity contribution in [3.05, 3.63) is 75.4 Å². The van der Waals surface area contributed by atoms with Crippen LogP contribution in [0.4, 0.5) is 80.2 Å². The van der Waals surface area contributed by atoms with Gasteiger partial charge in [-0.3, -0.25) is 0 Å². The maximum atomic E-state index is 13.0. The van der Waals surface area contributed by atoms with Gasteiger partial charge in [-0.1, -0.05) is 17.7 Å². The van der Waals surface area contributed by atoms with Gasteiger partial charge < -0.3 is 78.9 Å². The predicted molar refractivity (Wildman–Crippen MR) is 392 cm³/mol. The van der Waals surface area contributed by atoms with Crippen molar-refractivity contribution in [3.8, 4) is 11.1 Å². The van der Waals surface area contributed by atoms with Crippen LogP contribution in [-0.4, -0.2) is 203 Å². The Morgan fingerprint density at radius 1 is 0.539 bits per heavy atom. The molecule has 4 N–H and O–H groups in total. The topological polar surface area (TPSA) is 217 Å². The lowest BCUT2D eigenvalue weighted by molar-refractivity contribution is -0.144. The van der Waals surface area contributed by atoms with Crippen molar-refractivity contribution in [1.29, 1.82) is 0 Å². The highest BCUT2D eigenvalue weighted by Gasteiger charge is 2.52. The van der Waals surface area contributed by atoms with Gasteiger partial charge >= 0.3 is 43.7 Å². The summed E-state index contributed by atoms with van der Waals surface area (Å²) in [5.41, 5.74) is 3.71. The van der Waals surface area contributed by atoms with Crippen LogP contribution in [0.15, 0.2) is 60.7 Å². The van der Waals surface area contributed by atoms with E-state index in [4.69, 9.17) is 38.2 Å². The van der Waals surface area contributed by atoms with Crippen molar-refractivity contribution in [2.24, 2.45) is 11.8 Å². The molecule has 9 heterocycles. The third-order valence-corrected chi connectivity index (χ3v) is 19.8. The molecule has 7 aliphatic heterocycles. The smallest absolute Gasteiger partial charge is 0.444 e. The number of amides is 6. The predicted octanol–water partition coefficient (Wildman–Crippen LogP) is 13.3. The number of nitrogens with zero attached hydrogens (tertiary/aromatic N) is 8. The summed E-state index contributed by atoms with van der Waals surface area (Å²) in [5.74, 6) is 2.46. The van der Waals surface area contributed by atoms with E-state index in [2.05, 4.69) is 75.6 Å². The SMILES string of the molecule is CC(C)(C)OC(=O)N[C@H]1CCCN(c2cc(I)cc(N3CCOCC3)n2)C1.Cc1ccc(NC(=O)N2CC[C@@H](CC(F)(F)F)C2)cc1-c1cc(N2CCOCC2)nc(N2CCC[C@H](NC(=O)OC(C)(C)C)C2)c1.Cc1ccc(NC(=O)N2CC[C@@H](CC(F)(F)F)C2)cc1B1OC(C)(C)C(C)(C)O1. The van der Waals surface area contributed by atoms with E-state index in [0.717, 1.165) is 123 Å². The van der Waals surface area contributed by atoms with E-state index < -0.39 is 84.7 Å². The Morgan fingerprint density at radius 2 is 0.941 bits per heavy atom. The molecule has 0 unspecified atom stereocenters. The summed E-state index contributed by atoms with van der Waals surface area (Å²) in [5, 5.41) is 11.7. The van der Waals surface area contributed by atoms with Crippen LogP contribution in [0.1, 0.15) is 132 Å². The van der Waals surface area contributed by atoms with Gasteiger partial charge in [-0.05, 0) is 227 Å². The molecule has 7 saturated heterocycles. The average molecular weight is 1550 g/mol. The number of halogens is 7. The van der Waals surface area contributed by atoms with Crippen molar-refractivity contribution >= 4 is 94.1 Å². The van der Waals surface area contributed by atoms with Crippen molar-refractivity contribution in [1.82, 2.24) is 30.4 Å². The maximum absolute atomic E-state index is 13.0. The van der Waals surface area contributed by atoms with E-state index in [-0.39, 0.29) is 31.3 Å². The first-order chi connectivity index (χ1) is 47.8. The zero-order valence-electron chi connectivity index (χ0n) is 60.9. The second-order valence-corrected chi connectivity index (χ2v) is 31.8. The summed E-state index contributed by atoms with van der Waals surface area (Å²) in [7, 11) is -0.556.